The Morgan fingerprint density at radius 2 is 1.84 bits per heavy atom. The number of hydrogen-bond donors (Lipinski definition) is 1. The summed E-state index contributed by atoms with van der Waals surface area (Å²) in [5, 5.41) is 0. The van der Waals surface area contributed by atoms with Crippen LogP contribution in [0.5, 0.6) is 0 Å². The highest BCUT2D eigenvalue weighted by atomic mass is 127. The van der Waals surface area contributed by atoms with Gasteiger partial charge in [0, 0.05) is 48.9 Å². The van der Waals surface area contributed by atoms with Crippen molar-refractivity contribution >= 4 is 46.4 Å². The van der Waals surface area contributed by atoms with E-state index in [0.717, 1.165) is 51.1 Å². The van der Waals surface area contributed by atoms with Crippen LogP contribution in [-0.4, -0.2) is 58.8 Å². The number of guanidine groups is 1. The van der Waals surface area contributed by atoms with Crippen molar-refractivity contribution in [2.45, 2.75) is 24.0 Å². The van der Waals surface area contributed by atoms with E-state index in [-0.39, 0.29) is 34.5 Å². The van der Waals surface area contributed by atoms with Gasteiger partial charge in [-0.05, 0) is 37.1 Å². The van der Waals surface area contributed by atoms with Crippen molar-refractivity contribution < 1.29 is 8.60 Å². The molecule has 0 spiro atoms. The van der Waals surface area contributed by atoms with Crippen LogP contribution in [0.1, 0.15) is 19.3 Å². The van der Waals surface area contributed by atoms with E-state index < -0.39 is 10.8 Å². The SMILES string of the molecule is CS(=O)C1(CN=C(N)N2CCN(c3ccc(F)cc3)CC2)CCC1.I. The van der Waals surface area contributed by atoms with E-state index in [9.17, 15) is 8.60 Å². The Balaban J connectivity index is 0.00000225. The first-order chi connectivity index (χ1) is 11.5. The maximum Gasteiger partial charge on any atom is 0.191 e. The van der Waals surface area contributed by atoms with Crippen molar-refractivity contribution in [2.24, 2.45) is 10.7 Å². The molecule has 1 unspecified atom stereocenters. The van der Waals surface area contributed by atoms with E-state index in [1.165, 1.54) is 12.1 Å². The second-order valence-electron chi connectivity index (χ2n) is 6.62. The van der Waals surface area contributed by atoms with Gasteiger partial charge in [0.2, 0.25) is 0 Å². The fourth-order valence-corrected chi connectivity index (χ4v) is 4.39. The van der Waals surface area contributed by atoms with Gasteiger partial charge in [-0.2, -0.15) is 0 Å². The molecule has 1 aromatic rings. The second-order valence-corrected chi connectivity index (χ2v) is 8.39. The number of piperazine rings is 1. The first kappa shape index (κ1) is 20.4. The van der Waals surface area contributed by atoms with E-state index >= 15 is 0 Å². The van der Waals surface area contributed by atoms with Crippen LogP contribution in [0.3, 0.4) is 0 Å². The number of anilines is 1. The van der Waals surface area contributed by atoms with Crippen molar-refractivity contribution in [2.75, 3.05) is 43.9 Å². The predicted octanol–water partition coefficient (Wildman–Crippen LogP) is 2.18. The van der Waals surface area contributed by atoms with Crippen LogP contribution in [0.15, 0.2) is 29.3 Å². The van der Waals surface area contributed by atoms with Crippen LogP contribution >= 0.6 is 24.0 Å². The maximum atomic E-state index is 13.0. The van der Waals surface area contributed by atoms with Gasteiger partial charge in [-0.1, -0.05) is 6.42 Å². The highest BCUT2D eigenvalue weighted by Crippen LogP contribution is 2.37. The Bertz CT molecular complexity index is 628. The third-order valence-corrected chi connectivity index (χ3v) is 6.96. The summed E-state index contributed by atoms with van der Waals surface area (Å²) in [4.78, 5) is 8.83. The van der Waals surface area contributed by atoms with Gasteiger partial charge in [-0.25, -0.2) is 4.39 Å². The van der Waals surface area contributed by atoms with Crippen molar-refractivity contribution in [3.05, 3.63) is 30.1 Å². The molecule has 2 fully saturated rings. The quantitative estimate of drug-likeness (QED) is 0.408. The summed E-state index contributed by atoms with van der Waals surface area (Å²) >= 11 is 0. The Labute approximate surface area is 168 Å². The molecule has 3 rings (SSSR count). The number of benzene rings is 1. The standard InChI is InChI=1S/C17H25FN4OS.HI/c1-24(23)17(7-2-8-17)13-20-16(19)22-11-9-21(10-12-22)15-5-3-14(18)4-6-15;/h3-6H,2,7-13H2,1H3,(H2,19,20);1H. The highest BCUT2D eigenvalue weighted by molar-refractivity contribution is 14.0. The maximum absolute atomic E-state index is 13.0. The van der Waals surface area contributed by atoms with Crippen molar-refractivity contribution in [3.8, 4) is 0 Å². The lowest BCUT2D eigenvalue weighted by atomic mass is 9.84. The largest absolute Gasteiger partial charge is 0.370 e. The van der Waals surface area contributed by atoms with E-state index in [2.05, 4.69) is 14.8 Å². The van der Waals surface area contributed by atoms with E-state index in [1.54, 1.807) is 18.4 Å². The van der Waals surface area contributed by atoms with Crippen LogP contribution in [0.25, 0.3) is 0 Å². The van der Waals surface area contributed by atoms with Gasteiger partial charge in [0.1, 0.15) is 5.82 Å². The minimum Gasteiger partial charge on any atom is -0.370 e. The number of nitrogens with two attached hydrogens (primary N) is 1. The van der Waals surface area contributed by atoms with Crippen molar-refractivity contribution in [1.82, 2.24) is 4.90 Å². The molecular weight excluding hydrogens is 454 g/mol. The zero-order valence-electron chi connectivity index (χ0n) is 14.5. The Kier molecular flexibility index (Phi) is 7.07. The van der Waals surface area contributed by atoms with Gasteiger partial charge in [0.25, 0.3) is 0 Å². The van der Waals surface area contributed by atoms with E-state index in [1.807, 2.05) is 0 Å². The van der Waals surface area contributed by atoms with Gasteiger partial charge < -0.3 is 15.5 Å². The molecule has 1 heterocycles. The molecule has 1 saturated carbocycles. The average molecular weight is 480 g/mol. The molecule has 1 saturated heterocycles. The van der Waals surface area contributed by atoms with Crippen LogP contribution in [0.2, 0.25) is 0 Å². The number of halogens is 2. The number of rotatable bonds is 4. The summed E-state index contributed by atoms with van der Waals surface area (Å²) in [6, 6.07) is 6.58. The van der Waals surface area contributed by atoms with Crippen molar-refractivity contribution in [3.63, 3.8) is 0 Å². The first-order valence-electron chi connectivity index (χ1n) is 8.39. The van der Waals surface area contributed by atoms with Crippen LogP contribution < -0.4 is 10.6 Å². The third kappa shape index (κ3) is 4.64. The smallest absolute Gasteiger partial charge is 0.191 e. The predicted molar refractivity (Wildman–Crippen MR) is 113 cm³/mol. The zero-order chi connectivity index (χ0) is 17.2. The first-order valence-corrected chi connectivity index (χ1v) is 9.95. The lowest BCUT2D eigenvalue weighted by Gasteiger charge is -2.39. The highest BCUT2D eigenvalue weighted by Gasteiger charge is 2.40. The molecule has 0 bridgehead atoms. The number of nitrogens with zero attached hydrogens (tertiary/aromatic N) is 3. The van der Waals surface area contributed by atoms with Crippen LogP contribution in [0, 0.1) is 5.82 Å². The fraction of sp³-hybridized carbons (Fsp3) is 0.588. The third-order valence-electron chi connectivity index (χ3n) is 5.20. The van der Waals surface area contributed by atoms with Crippen LogP contribution in [-0.2, 0) is 10.8 Å². The molecule has 25 heavy (non-hydrogen) atoms. The molecule has 1 atom stereocenters. The molecule has 0 radical (unpaired) electrons. The molecule has 2 aliphatic rings. The number of hydrogen-bond acceptors (Lipinski definition) is 3. The van der Waals surface area contributed by atoms with E-state index in [0.29, 0.717) is 12.5 Å². The average Bonchev–Trinajstić information content (AvgIpc) is 2.54. The molecule has 140 valence electrons. The molecule has 8 heteroatoms. The molecular formula is C17H26FIN4OS. The lowest BCUT2D eigenvalue weighted by molar-refractivity contribution is 0.352. The van der Waals surface area contributed by atoms with E-state index in [4.69, 9.17) is 5.73 Å². The second kappa shape index (κ2) is 8.66. The van der Waals surface area contributed by atoms with Gasteiger partial charge >= 0.3 is 0 Å². The summed E-state index contributed by atoms with van der Waals surface area (Å²) in [7, 11) is -0.856. The molecule has 1 aliphatic carbocycles. The van der Waals surface area contributed by atoms with Crippen LogP contribution in [0.4, 0.5) is 10.1 Å². The summed E-state index contributed by atoms with van der Waals surface area (Å²) in [5.41, 5.74) is 7.18. The van der Waals surface area contributed by atoms with Gasteiger partial charge in [-0.3, -0.25) is 9.20 Å². The Morgan fingerprint density at radius 3 is 2.32 bits per heavy atom. The summed E-state index contributed by atoms with van der Waals surface area (Å²) < 4.78 is 24.8. The molecule has 1 aliphatic heterocycles. The Hall–Kier alpha value is -0.900. The summed E-state index contributed by atoms with van der Waals surface area (Å²) in [5.74, 6) is 0.331. The monoisotopic (exact) mass is 480 g/mol. The van der Waals surface area contributed by atoms with Gasteiger partial charge in [0.15, 0.2) is 5.96 Å². The molecule has 0 amide bonds. The zero-order valence-corrected chi connectivity index (χ0v) is 17.6. The summed E-state index contributed by atoms with van der Waals surface area (Å²) in [6.07, 6.45) is 4.86. The fourth-order valence-electron chi connectivity index (χ4n) is 3.28. The number of aliphatic imine (C=N–C) groups is 1. The minimum absolute atomic E-state index is 0. The normalized spacial score (nSPS) is 21.3. The van der Waals surface area contributed by atoms with Gasteiger partial charge in [-0.15, -0.1) is 24.0 Å². The molecule has 5 nitrogen and oxygen atoms in total. The molecule has 2 N–H and O–H groups in total. The Morgan fingerprint density at radius 1 is 1.24 bits per heavy atom. The molecule has 1 aromatic carbocycles. The lowest BCUT2D eigenvalue weighted by Crippen LogP contribution is -2.52. The molecule has 0 aromatic heterocycles. The summed E-state index contributed by atoms with van der Waals surface area (Å²) in [6.45, 7) is 3.78. The van der Waals surface area contributed by atoms with Gasteiger partial charge in [0.05, 0.1) is 11.3 Å². The topological polar surface area (TPSA) is 61.9 Å². The minimum atomic E-state index is -0.856. The van der Waals surface area contributed by atoms with Crippen molar-refractivity contribution in [1.29, 1.82) is 0 Å².